The molecule has 0 heterocycles. The van der Waals surface area contributed by atoms with E-state index in [1.54, 1.807) is 11.8 Å². The lowest BCUT2D eigenvalue weighted by Crippen LogP contribution is -2.17. The summed E-state index contributed by atoms with van der Waals surface area (Å²) in [5.41, 5.74) is 2.44. The molecule has 2 rings (SSSR count). The van der Waals surface area contributed by atoms with Gasteiger partial charge >= 0.3 is 5.97 Å². The first kappa shape index (κ1) is 27.9. The number of ether oxygens (including phenoxy) is 1. The predicted octanol–water partition coefficient (Wildman–Crippen LogP) is 9.41. The monoisotopic (exact) mass is 486 g/mol. The lowest BCUT2D eigenvalue weighted by Gasteiger charge is -2.12. The standard InChI is InChI=1S/C29H42O2S2/c1-4-6-8-10-11-12-22-31-29(30)24(3)33-28-20-16-26(17-21-28)25-14-18-27(19-15-25)32-23-13-9-7-5-2/h14-21,24H,4-13,22-23H2,1-3H3/t24-/m1/s1. The molecule has 0 spiro atoms. The third-order valence-electron chi connectivity index (χ3n) is 5.70. The first-order valence-electron chi connectivity index (χ1n) is 12.8. The molecule has 0 aliphatic rings. The third-order valence-corrected chi connectivity index (χ3v) is 7.88. The van der Waals surface area contributed by atoms with Crippen molar-refractivity contribution in [2.45, 2.75) is 100 Å². The maximum atomic E-state index is 12.3. The fraction of sp³-hybridized carbons (Fsp3) is 0.552. The average molecular weight is 487 g/mol. The SMILES string of the molecule is CCCCCCCCOC(=O)[C@@H](C)Sc1ccc(-c2ccc(SCCCCCC)cc2)cc1. The molecule has 0 aliphatic carbocycles. The first-order valence-corrected chi connectivity index (χ1v) is 14.7. The Kier molecular flexibility index (Phi) is 14.4. The second-order valence-electron chi connectivity index (χ2n) is 8.65. The highest BCUT2D eigenvalue weighted by atomic mass is 32.2. The van der Waals surface area contributed by atoms with Gasteiger partial charge in [-0.2, -0.15) is 0 Å². The number of thioether (sulfide) groups is 2. The summed E-state index contributed by atoms with van der Waals surface area (Å²) in [5.74, 6) is 1.09. The minimum atomic E-state index is -0.190. The highest BCUT2D eigenvalue weighted by Gasteiger charge is 2.15. The molecule has 0 fully saturated rings. The third kappa shape index (κ3) is 11.5. The van der Waals surface area contributed by atoms with Crippen LogP contribution in [0.5, 0.6) is 0 Å². The van der Waals surface area contributed by atoms with Gasteiger partial charge in [0.2, 0.25) is 0 Å². The largest absolute Gasteiger partial charge is 0.465 e. The summed E-state index contributed by atoms with van der Waals surface area (Å²) in [5, 5.41) is -0.190. The van der Waals surface area contributed by atoms with Crippen LogP contribution in [-0.4, -0.2) is 23.6 Å². The van der Waals surface area contributed by atoms with Gasteiger partial charge < -0.3 is 4.74 Å². The van der Waals surface area contributed by atoms with Gasteiger partial charge in [-0.15, -0.1) is 23.5 Å². The Hall–Kier alpha value is -1.39. The van der Waals surface area contributed by atoms with Crippen molar-refractivity contribution in [1.29, 1.82) is 0 Å². The zero-order valence-corrected chi connectivity index (χ0v) is 22.4. The van der Waals surface area contributed by atoms with Crippen molar-refractivity contribution in [2.24, 2.45) is 0 Å². The number of hydrogen-bond acceptors (Lipinski definition) is 4. The van der Waals surface area contributed by atoms with Crippen molar-refractivity contribution in [1.82, 2.24) is 0 Å². The van der Waals surface area contributed by atoms with Gasteiger partial charge in [0, 0.05) is 9.79 Å². The van der Waals surface area contributed by atoms with Crippen molar-refractivity contribution >= 4 is 29.5 Å². The van der Waals surface area contributed by atoms with E-state index in [-0.39, 0.29) is 11.2 Å². The number of carbonyl (C=O) groups is 1. The zero-order valence-electron chi connectivity index (χ0n) is 20.8. The second kappa shape index (κ2) is 17.1. The van der Waals surface area contributed by atoms with Gasteiger partial charge in [-0.1, -0.05) is 89.5 Å². The summed E-state index contributed by atoms with van der Waals surface area (Å²) < 4.78 is 5.47. The number of unbranched alkanes of at least 4 members (excludes halogenated alkanes) is 8. The molecule has 2 aromatic carbocycles. The van der Waals surface area contributed by atoms with Crippen LogP contribution < -0.4 is 0 Å². The smallest absolute Gasteiger partial charge is 0.319 e. The summed E-state index contributed by atoms with van der Waals surface area (Å²) in [4.78, 5) is 14.7. The Morgan fingerprint density at radius 2 is 1.24 bits per heavy atom. The van der Waals surface area contributed by atoms with Crippen molar-refractivity contribution < 1.29 is 9.53 Å². The molecule has 2 aromatic rings. The average Bonchev–Trinajstić information content (AvgIpc) is 2.84. The Morgan fingerprint density at radius 3 is 1.85 bits per heavy atom. The van der Waals surface area contributed by atoms with Crippen LogP contribution in [0.25, 0.3) is 11.1 Å². The highest BCUT2D eigenvalue weighted by molar-refractivity contribution is 8.00. The molecule has 4 heteroatoms. The first-order chi connectivity index (χ1) is 16.1. The van der Waals surface area contributed by atoms with Crippen LogP contribution in [0.4, 0.5) is 0 Å². The quantitative estimate of drug-likeness (QED) is 0.126. The molecule has 0 bridgehead atoms. The molecule has 0 N–H and O–H groups in total. The fourth-order valence-electron chi connectivity index (χ4n) is 3.61. The highest BCUT2D eigenvalue weighted by Crippen LogP contribution is 2.29. The zero-order chi connectivity index (χ0) is 23.7. The molecule has 0 aliphatic heterocycles. The van der Waals surface area contributed by atoms with Crippen LogP contribution in [0.2, 0.25) is 0 Å². The van der Waals surface area contributed by atoms with E-state index in [4.69, 9.17) is 4.74 Å². The van der Waals surface area contributed by atoms with Crippen LogP contribution in [0.15, 0.2) is 58.3 Å². The van der Waals surface area contributed by atoms with Gasteiger partial charge in [-0.05, 0) is 60.9 Å². The maximum Gasteiger partial charge on any atom is 0.319 e. The minimum absolute atomic E-state index is 0.111. The van der Waals surface area contributed by atoms with E-state index in [0.717, 1.165) is 17.7 Å². The molecule has 0 saturated carbocycles. The molecule has 33 heavy (non-hydrogen) atoms. The van der Waals surface area contributed by atoms with Gasteiger partial charge in [-0.3, -0.25) is 4.79 Å². The van der Waals surface area contributed by atoms with Crippen molar-refractivity contribution in [3.8, 4) is 11.1 Å². The van der Waals surface area contributed by atoms with Crippen molar-refractivity contribution in [3.63, 3.8) is 0 Å². The predicted molar refractivity (Wildman–Crippen MR) is 146 cm³/mol. The van der Waals surface area contributed by atoms with E-state index >= 15 is 0 Å². The van der Waals surface area contributed by atoms with Gasteiger partial charge in [-0.25, -0.2) is 0 Å². The van der Waals surface area contributed by atoms with Crippen LogP contribution in [0.1, 0.15) is 85.0 Å². The van der Waals surface area contributed by atoms with Crippen LogP contribution in [0.3, 0.4) is 0 Å². The van der Waals surface area contributed by atoms with Crippen LogP contribution in [0, 0.1) is 0 Å². The molecular formula is C29H42O2S2. The Bertz CT molecular complexity index is 771. The Labute approximate surface area is 210 Å². The van der Waals surface area contributed by atoms with E-state index < -0.39 is 0 Å². The van der Waals surface area contributed by atoms with E-state index in [1.807, 2.05) is 18.7 Å². The summed E-state index contributed by atoms with van der Waals surface area (Å²) >= 11 is 3.52. The molecule has 2 nitrogen and oxygen atoms in total. The van der Waals surface area contributed by atoms with Gasteiger partial charge in [0.25, 0.3) is 0 Å². The van der Waals surface area contributed by atoms with Crippen molar-refractivity contribution in [3.05, 3.63) is 48.5 Å². The molecule has 182 valence electrons. The normalized spacial score (nSPS) is 12.0. The molecule has 0 amide bonds. The van der Waals surface area contributed by atoms with Crippen LogP contribution in [-0.2, 0) is 9.53 Å². The van der Waals surface area contributed by atoms with Crippen molar-refractivity contribution in [2.75, 3.05) is 12.4 Å². The maximum absolute atomic E-state index is 12.3. The topological polar surface area (TPSA) is 26.3 Å². The number of hydrogen-bond donors (Lipinski definition) is 0. The summed E-state index contributed by atoms with van der Waals surface area (Å²) in [6.45, 7) is 6.95. The lowest BCUT2D eigenvalue weighted by atomic mass is 10.1. The van der Waals surface area contributed by atoms with Gasteiger partial charge in [0.05, 0.1) is 6.61 Å². The molecule has 0 aromatic heterocycles. The summed E-state index contributed by atoms with van der Waals surface area (Å²) in [6.07, 6.45) is 12.5. The summed E-state index contributed by atoms with van der Waals surface area (Å²) in [7, 11) is 0. The summed E-state index contributed by atoms with van der Waals surface area (Å²) in [6, 6.07) is 17.4. The molecule has 1 atom stereocenters. The fourth-order valence-corrected chi connectivity index (χ4v) is 5.39. The number of rotatable bonds is 17. The van der Waals surface area contributed by atoms with E-state index in [1.165, 1.54) is 73.1 Å². The van der Waals surface area contributed by atoms with E-state index in [2.05, 4.69) is 62.4 Å². The van der Waals surface area contributed by atoms with Crippen LogP contribution >= 0.6 is 23.5 Å². The molecule has 0 saturated heterocycles. The number of carbonyl (C=O) groups excluding carboxylic acids is 1. The molecule has 0 unspecified atom stereocenters. The van der Waals surface area contributed by atoms with E-state index in [9.17, 15) is 4.79 Å². The molecule has 0 radical (unpaired) electrons. The van der Waals surface area contributed by atoms with E-state index in [0.29, 0.717) is 6.61 Å². The number of benzene rings is 2. The second-order valence-corrected chi connectivity index (χ2v) is 11.2. The van der Waals surface area contributed by atoms with Gasteiger partial charge in [0.1, 0.15) is 5.25 Å². The Morgan fingerprint density at radius 1 is 0.727 bits per heavy atom. The van der Waals surface area contributed by atoms with Gasteiger partial charge in [0.15, 0.2) is 0 Å². The lowest BCUT2D eigenvalue weighted by molar-refractivity contribution is -0.142. The molecular weight excluding hydrogens is 444 g/mol. The Balaban J connectivity index is 1.72. The minimum Gasteiger partial charge on any atom is -0.465 e. The number of esters is 1.